The first-order valence-electron chi connectivity index (χ1n) is 6.65. The minimum absolute atomic E-state index is 0.0272. The number of benzene rings is 1. The predicted molar refractivity (Wildman–Crippen MR) is 75.9 cm³/mol. The summed E-state index contributed by atoms with van der Waals surface area (Å²) >= 11 is 0. The lowest BCUT2D eigenvalue weighted by molar-refractivity contribution is -0.116. The number of hydrogen-bond donors (Lipinski definition) is 1. The van der Waals surface area contributed by atoms with Crippen LogP contribution in [0.1, 0.15) is 48.5 Å². The lowest BCUT2D eigenvalue weighted by Gasteiger charge is -2.28. The normalized spacial score (nSPS) is 14.6. The molecule has 0 heterocycles. The smallest absolute Gasteiger partial charge is 0.170 e. The summed E-state index contributed by atoms with van der Waals surface area (Å²) in [5, 5.41) is 3.38. The second-order valence-corrected chi connectivity index (χ2v) is 5.13. The minimum atomic E-state index is -0.128. The summed E-state index contributed by atoms with van der Waals surface area (Å²) in [6.45, 7) is 5.45. The molecule has 1 N–H and O–H groups in total. The van der Waals surface area contributed by atoms with Gasteiger partial charge in [0, 0.05) is 17.3 Å². The summed E-state index contributed by atoms with van der Waals surface area (Å²) in [6, 6.07) is 7.82. The Morgan fingerprint density at radius 3 is 2.26 bits per heavy atom. The van der Waals surface area contributed by atoms with Gasteiger partial charge in [-0.25, -0.2) is 0 Å². The number of carbonyl (C=O) groups is 2. The van der Waals surface area contributed by atoms with Crippen molar-refractivity contribution in [3.63, 3.8) is 0 Å². The summed E-state index contributed by atoms with van der Waals surface area (Å²) < 4.78 is 0. The van der Waals surface area contributed by atoms with Crippen molar-refractivity contribution in [3.05, 3.63) is 42.0 Å². The molecule has 3 nitrogen and oxygen atoms in total. The molecule has 0 aliphatic heterocycles. The second kappa shape index (κ2) is 5.83. The van der Waals surface area contributed by atoms with Gasteiger partial charge in [-0.05, 0) is 31.7 Å². The van der Waals surface area contributed by atoms with E-state index in [4.69, 9.17) is 0 Å². The predicted octanol–water partition coefficient (Wildman–Crippen LogP) is 2.96. The van der Waals surface area contributed by atoms with Gasteiger partial charge in [0.1, 0.15) is 5.78 Å². The van der Waals surface area contributed by atoms with E-state index in [1.54, 1.807) is 12.1 Å². The van der Waals surface area contributed by atoms with Gasteiger partial charge in [-0.3, -0.25) is 9.59 Å². The number of Topliss-reactive ketones (excluding diaryl/α,β-unsaturated/α-hetero) is 2. The SMILES string of the molecule is C=C(NC1CCC1)c1ccc(C(=O)CC(C)=O)cc1. The zero-order valence-corrected chi connectivity index (χ0v) is 11.2. The largest absolute Gasteiger partial charge is 0.382 e. The highest BCUT2D eigenvalue weighted by atomic mass is 16.1. The Bertz CT molecular complexity index is 498. The van der Waals surface area contributed by atoms with Gasteiger partial charge >= 0.3 is 0 Å². The van der Waals surface area contributed by atoms with Gasteiger partial charge in [-0.1, -0.05) is 30.8 Å². The summed E-state index contributed by atoms with van der Waals surface area (Å²) in [4.78, 5) is 22.6. The maximum absolute atomic E-state index is 11.7. The van der Waals surface area contributed by atoms with Gasteiger partial charge in [-0.15, -0.1) is 0 Å². The molecule has 0 radical (unpaired) electrons. The summed E-state index contributed by atoms with van der Waals surface area (Å²) in [5.74, 6) is -0.234. The van der Waals surface area contributed by atoms with E-state index >= 15 is 0 Å². The highest BCUT2D eigenvalue weighted by Gasteiger charge is 2.17. The standard InChI is InChI=1S/C16H19NO2/c1-11(18)10-16(19)14-8-6-13(7-9-14)12(2)17-15-4-3-5-15/h6-9,15,17H,2-5,10H2,1H3. The van der Waals surface area contributed by atoms with Crippen LogP contribution in [-0.4, -0.2) is 17.6 Å². The highest BCUT2D eigenvalue weighted by molar-refractivity contribution is 6.07. The molecule has 1 saturated carbocycles. The second-order valence-electron chi connectivity index (χ2n) is 5.13. The van der Waals surface area contributed by atoms with Crippen molar-refractivity contribution in [1.82, 2.24) is 5.32 Å². The van der Waals surface area contributed by atoms with Crippen molar-refractivity contribution < 1.29 is 9.59 Å². The molecule has 0 unspecified atom stereocenters. The molecular formula is C16H19NO2. The van der Waals surface area contributed by atoms with Crippen LogP contribution in [0.25, 0.3) is 5.70 Å². The average molecular weight is 257 g/mol. The number of rotatable bonds is 6. The van der Waals surface area contributed by atoms with Crippen molar-refractivity contribution in [3.8, 4) is 0 Å². The van der Waals surface area contributed by atoms with E-state index in [2.05, 4.69) is 11.9 Å². The van der Waals surface area contributed by atoms with Gasteiger partial charge in [-0.2, -0.15) is 0 Å². The Labute approximate surface area is 113 Å². The molecule has 100 valence electrons. The molecule has 3 heteroatoms. The van der Waals surface area contributed by atoms with Crippen LogP contribution in [0.15, 0.2) is 30.8 Å². The number of hydrogen-bond acceptors (Lipinski definition) is 3. The third-order valence-corrected chi connectivity index (χ3v) is 3.45. The van der Waals surface area contributed by atoms with Crippen LogP contribution in [0.4, 0.5) is 0 Å². The first-order chi connectivity index (χ1) is 9.06. The fraction of sp³-hybridized carbons (Fsp3) is 0.375. The van der Waals surface area contributed by atoms with E-state index in [0.29, 0.717) is 11.6 Å². The van der Waals surface area contributed by atoms with Crippen LogP contribution < -0.4 is 5.32 Å². The van der Waals surface area contributed by atoms with E-state index in [1.807, 2.05) is 12.1 Å². The van der Waals surface area contributed by atoms with Crippen LogP contribution in [0, 0.1) is 0 Å². The summed E-state index contributed by atoms with van der Waals surface area (Å²) in [7, 11) is 0. The van der Waals surface area contributed by atoms with E-state index in [1.165, 1.54) is 26.2 Å². The van der Waals surface area contributed by atoms with E-state index in [9.17, 15) is 9.59 Å². The molecule has 1 fully saturated rings. The third kappa shape index (κ3) is 3.53. The summed E-state index contributed by atoms with van der Waals surface area (Å²) in [6.07, 6.45) is 3.66. The molecule has 0 amide bonds. The monoisotopic (exact) mass is 257 g/mol. The third-order valence-electron chi connectivity index (χ3n) is 3.45. The van der Waals surface area contributed by atoms with Gasteiger partial charge in [0.15, 0.2) is 5.78 Å². The molecular weight excluding hydrogens is 238 g/mol. The molecule has 1 aromatic rings. The Kier molecular flexibility index (Phi) is 4.15. The van der Waals surface area contributed by atoms with Crippen molar-refractivity contribution in [2.45, 2.75) is 38.6 Å². The molecule has 0 spiro atoms. The Morgan fingerprint density at radius 2 is 1.79 bits per heavy atom. The zero-order valence-electron chi connectivity index (χ0n) is 11.2. The molecule has 19 heavy (non-hydrogen) atoms. The first kappa shape index (κ1) is 13.5. The van der Waals surface area contributed by atoms with Crippen molar-refractivity contribution in [2.24, 2.45) is 0 Å². The molecule has 1 aliphatic rings. The van der Waals surface area contributed by atoms with Crippen molar-refractivity contribution in [2.75, 3.05) is 0 Å². The molecule has 2 rings (SSSR count). The lowest BCUT2D eigenvalue weighted by Crippen LogP contribution is -2.33. The molecule has 0 saturated heterocycles. The maximum Gasteiger partial charge on any atom is 0.170 e. The molecule has 0 aromatic heterocycles. The van der Waals surface area contributed by atoms with Crippen LogP contribution in [-0.2, 0) is 4.79 Å². The Balaban J connectivity index is 1.98. The zero-order chi connectivity index (χ0) is 13.8. The number of nitrogens with one attached hydrogen (secondary N) is 1. The Morgan fingerprint density at radius 1 is 1.21 bits per heavy atom. The molecule has 1 aliphatic carbocycles. The topological polar surface area (TPSA) is 46.2 Å². The quantitative estimate of drug-likeness (QED) is 0.629. The van der Waals surface area contributed by atoms with Crippen molar-refractivity contribution in [1.29, 1.82) is 0 Å². The van der Waals surface area contributed by atoms with Crippen LogP contribution >= 0.6 is 0 Å². The number of ketones is 2. The highest BCUT2D eigenvalue weighted by Crippen LogP contribution is 2.22. The van der Waals surface area contributed by atoms with E-state index in [0.717, 1.165) is 11.3 Å². The lowest BCUT2D eigenvalue weighted by atomic mass is 9.92. The number of carbonyl (C=O) groups excluding carboxylic acids is 2. The summed E-state index contributed by atoms with van der Waals surface area (Å²) in [5.41, 5.74) is 2.47. The van der Waals surface area contributed by atoms with Crippen molar-refractivity contribution >= 4 is 17.3 Å². The van der Waals surface area contributed by atoms with E-state index < -0.39 is 0 Å². The molecule has 1 aromatic carbocycles. The molecule has 0 atom stereocenters. The van der Waals surface area contributed by atoms with Gasteiger partial charge in [0.25, 0.3) is 0 Å². The Hall–Kier alpha value is -1.90. The van der Waals surface area contributed by atoms with Crippen LogP contribution in [0.2, 0.25) is 0 Å². The molecule has 0 bridgehead atoms. The first-order valence-corrected chi connectivity index (χ1v) is 6.65. The fourth-order valence-corrected chi connectivity index (χ4v) is 2.07. The van der Waals surface area contributed by atoms with E-state index in [-0.39, 0.29) is 18.0 Å². The maximum atomic E-state index is 11.7. The van der Waals surface area contributed by atoms with Gasteiger partial charge in [0.05, 0.1) is 6.42 Å². The van der Waals surface area contributed by atoms with Crippen LogP contribution in [0.5, 0.6) is 0 Å². The van der Waals surface area contributed by atoms with Crippen LogP contribution in [0.3, 0.4) is 0 Å². The van der Waals surface area contributed by atoms with Gasteiger partial charge < -0.3 is 5.32 Å². The average Bonchev–Trinajstić information content (AvgIpc) is 2.33. The van der Waals surface area contributed by atoms with Gasteiger partial charge in [0.2, 0.25) is 0 Å². The fourth-order valence-electron chi connectivity index (χ4n) is 2.07. The minimum Gasteiger partial charge on any atom is -0.382 e.